The zero-order chi connectivity index (χ0) is 17.9. The number of carbonyl (C=O) groups excluding carboxylic acids is 1. The summed E-state index contributed by atoms with van der Waals surface area (Å²) in [5, 5.41) is 6.28. The molecule has 1 N–H and O–H groups in total. The molecule has 25 heavy (non-hydrogen) atoms. The molecule has 2 aromatic rings. The molecule has 1 aliphatic heterocycles. The summed E-state index contributed by atoms with van der Waals surface area (Å²) in [6, 6.07) is 16.3. The maximum atomic E-state index is 12.3. The molecule has 0 radical (unpaired) electrons. The van der Waals surface area contributed by atoms with E-state index in [0.717, 1.165) is 5.56 Å². The van der Waals surface area contributed by atoms with Gasteiger partial charge in [-0.05, 0) is 50.2 Å². The Hall–Kier alpha value is -2.73. The Morgan fingerprint density at radius 1 is 1.20 bits per heavy atom. The van der Waals surface area contributed by atoms with Gasteiger partial charge in [0.05, 0.1) is 0 Å². The van der Waals surface area contributed by atoms with Gasteiger partial charge in [0.1, 0.15) is 5.75 Å². The number of hydrazine groups is 1. The molecule has 0 aromatic heterocycles. The molecule has 6 nitrogen and oxygen atoms in total. The quantitative estimate of drug-likeness (QED) is 0.890. The first-order chi connectivity index (χ1) is 12.0. The molecule has 1 amide bonds. The predicted molar refractivity (Wildman–Crippen MR) is 95.1 cm³/mol. The second kappa shape index (κ2) is 7.03. The van der Waals surface area contributed by atoms with Gasteiger partial charge in [0, 0.05) is 10.6 Å². The summed E-state index contributed by atoms with van der Waals surface area (Å²) >= 11 is 5.92. The van der Waals surface area contributed by atoms with Gasteiger partial charge in [0.25, 0.3) is 5.91 Å². The Bertz CT molecular complexity index is 776. The molecule has 0 fully saturated rings. The van der Waals surface area contributed by atoms with Crippen LogP contribution in [0.3, 0.4) is 0 Å². The molecule has 2 aromatic carbocycles. The first kappa shape index (κ1) is 17.1. The average molecular weight is 360 g/mol. The fraction of sp³-hybridized carbons (Fsp3) is 0.222. The molecule has 0 unspecified atom stereocenters. The summed E-state index contributed by atoms with van der Waals surface area (Å²) in [7, 11) is 0. The van der Waals surface area contributed by atoms with Crippen LogP contribution in [0.5, 0.6) is 5.75 Å². The smallest absolute Gasteiger partial charge is 0.276 e. The van der Waals surface area contributed by atoms with E-state index in [2.05, 4.69) is 10.6 Å². The maximum absolute atomic E-state index is 12.3. The summed E-state index contributed by atoms with van der Waals surface area (Å²) in [4.78, 5) is 17.7. The number of oxime groups is 1. The lowest BCUT2D eigenvalue weighted by atomic mass is 10.2. The van der Waals surface area contributed by atoms with Crippen LogP contribution in [-0.2, 0) is 9.63 Å². The zero-order valence-electron chi connectivity index (χ0n) is 13.9. The van der Waals surface area contributed by atoms with Crippen LogP contribution < -0.4 is 10.2 Å². The van der Waals surface area contributed by atoms with Gasteiger partial charge in [0.2, 0.25) is 5.72 Å². The molecule has 3 rings (SSSR count). The van der Waals surface area contributed by atoms with Gasteiger partial charge >= 0.3 is 0 Å². The summed E-state index contributed by atoms with van der Waals surface area (Å²) in [5.41, 5.74) is 2.74. The minimum atomic E-state index is -0.822. The van der Waals surface area contributed by atoms with Crippen molar-refractivity contribution in [2.75, 3.05) is 6.61 Å². The molecule has 7 heteroatoms. The lowest BCUT2D eigenvalue weighted by Gasteiger charge is -2.31. The highest BCUT2D eigenvalue weighted by Gasteiger charge is 2.39. The largest absolute Gasteiger partial charge is 0.484 e. The highest BCUT2D eigenvalue weighted by Crippen LogP contribution is 2.25. The third-order valence-electron chi connectivity index (χ3n) is 3.56. The fourth-order valence-electron chi connectivity index (χ4n) is 2.28. The molecule has 1 aliphatic rings. The molecule has 130 valence electrons. The number of hydrogen-bond acceptors (Lipinski definition) is 5. The first-order valence-electron chi connectivity index (χ1n) is 7.75. The number of rotatable bonds is 5. The number of amides is 1. The van der Waals surface area contributed by atoms with Gasteiger partial charge in [-0.1, -0.05) is 35.0 Å². The number of carbonyl (C=O) groups is 1. The molecule has 0 saturated heterocycles. The van der Waals surface area contributed by atoms with E-state index in [1.54, 1.807) is 43.1 Å². The molecule has 0 spiro atoms. The predicted octanol–water partition coefficient (Wildman–Crippen LogP) is 3.18. The van der Waals surface area contributed by atoms with Crippen molar-refractivity contribution in [1.29, 1.82) is 0 Å². The van der Waals surface area contributed by atoms with Crippen molar-refractivity contribution in [3.63, 3.8) is 0 Å². The van der Waals surface area contributed by atoms with Gasteiger partial charge in [-0.25, -0.2) is 5.01 Å². The maximum Gasteiger partial charge on any atom is 0.276 e. The Labute approximate surface area is 150 Å². The summed E-state index contributed by atoms with van der Waals surface area (Å²) in [6.45, 7) is 3.49. The Morgan fingerprint density at radius 3 is 2.56 bits per heavy atom. The Balaban J connectivity index is 1.68. The fourth-order valence-corrected chi connectivity index (χ4v) is 2.41. The number of nitrogens with one attached hydrogen (secondary N) is 1. The highest BCUT2D eigenvalue weighted by molar-refractivity contribution is 6.30. The second-order valence-electron chi connectivity index (χ2n) is 5.93. The molecule has 0 saturated carbocycles. The van der Waals surface area contributed by atoms with Crippen LogP contribution in [-0.4, -0.2) is 29.1 Å². The standard InChI is InChI=1S/C18H18ClN3O3/c1-18(2)22(17(21-25-18)13-8-10-14(19)11-9-13)20-16(23)12-24-15-6-4-3-5-7-15/h3-11H,12H2,1-2H3,(H,20,23). The van der Waals surface area contributed by atoms with Crippen LogP contribution in [0.1, 0.15) is 19.4 Å². The van der Waals surface area contributed by atoms with Gasteiger partial charge in [-0.2, -0.15) is 0 Å². The van der Waals surface area contributed by atoms with E-state index in [9.17, 15) is 4.79 Å². The van der Waals surface area contributed by atoms with Crippen LogP contribution >= 0.6 is 11.6 Å². The lowest BCUT2D eigenvalue weighted by molar-refractivity contribution is -0.137. The monoisotopic (exact) mass is 359 g/mol. The van der Waals surface area contributed by atoms with E-state index < -0.39 is 5.72 Å². The van der Waals surface area contributed by atoms with Crippen LogP contribution in [0.15, 0.2) is 59.8 Å². The van der Waals surface area contributed by atoms with Crippen molar-refractivity contribution in [3.05, 3.63) is 65.2 Å². The van der Waals surface area contributed by atoms with Gasteiger partial charge in [-0.15, -0.1) is 0 Å². The number of ether oxygens (including phenoxy) is 1. The van der Waals surface area contributed by atoms with Crippen LogP contribution in [0.25, 0.3) is 0 Å². The minimum Gasteiger partial charge on any atom is -0.484 e. The van der Waals surface area contributed by atoms with E-state index in [4.69, 9.17) is 21.2 Å². The number of amidine groups is 1. The minimum absolute atomic E-state index is 0.121. The number of para-hydroxylation sites is 1. The normalized spacial score (nSPS) is 15.3. The Kier molecular flexibility index (Phi) is 4.81. The third kappa shape index (κ3) is 4.03. The highest BCUT2D eigenvalue weighted by atomic mass is 35.5. The molecule has 1 heterocycles. The average Bonchev–Trinajstić information content (AvgIpc) is 2.90. The molecular formula is C18H18ClN3O3. The van der Waals surface area contributed by atoms with Gasteiger partial charge in [0.15, 0.2) is 12.4 Å². The van der Waals surface area contributed by atoms with Crippen molar-refractivity contribution in [2.45, 2.75) is 19.6 Å². The van der Waals surface area contributed by atoms with E-state index in [1.165, 1.54) is 0 Å². The van der Waals surface area contributed by atoms with E-state index in [0.29, 0.717) is 16.6 Å². The van der Waals surface area contributed by atoms with E-state index >= 15 is 0 Å². The summed E-state index contributed by atoms with van der Waals surface area (Å²) in [6.07, 6.45) is 0. The SMILES string of the molecule is CC1(C)ON=C(c2ccc(Cl)cc2)N1NC(=O)COc1ccccc1. The van der Waals surface area contributed by atoms with Crippen LogP contribution in [0, 0.1) is 0 Å². The van der Waals surface area contributed by atoms with Gasteiger partial charge < -0.3 is 9.57 Å². The van der Waals surface area contributed by atoms with E-state index in [-0.39, 0.29) is 12.5 Å². The van der Waals surface area contributed by atoms with Crippen molar-refractivity contribution < 1.29 is 14.4 Å². The summed E-state index contributed by atoms with van der Waals surface area (Å²) < 4.78 is 5.47. The van der Waals surface area contributed by atoms with Crippen molar-refractivity contribution >= 4 is 23.3 Å². The zero-order valence-corrected chi connectivity index (χ0v) is 14.7. The molecular weight excluding hydrogens is 342 g/mol. The second-order valence-corrected chi connectivity index (χ2v) is 6.37. The Morgan fingerprint density at radius 2 is 1.88 bits per heavy atom. The lowest BCUT2D eigenvalue weighted by Crippen LogP contribution is -2.55. The molecule has 0 aliphatic carbocycles. The van der Waals surface area contributed by atoms with E-state index in [1.807, 2.05) is 30.3 Å². The number of hydrogen-bond donors (Lipinski definition) is 1. The molecule has 0 atom stereocenters. The van der Waals surface area contributed by atoms with Crippen LogP contribution in [0.2, 0.25) is 5.02 Å². The number of nitrogens with zero attached hydrogens (tertiary/aromatic N) is 2. The number of halogens is 1. The van der Waals surface area contributed by atoms with Crippen molar-refractivity contribution in [1.82, 2.24) is 10.4 Å². The van der Waals surface area contributed by atoms with Crippen molar-refractivity contribution in [2.24, 2.45) is 5.16 Å². The summed E-state index contributed by atoms with van der Waals surface area (Å²) in [5.74, 6) is 0.806. The molecule has 0 bridgehead atoms. The van der Waals surface area contributed by atoms with Crippen molar-refractivity contribution in [3.8, 4) is 5.75 Å². The van der Waals surface area contributed by atoms with Crippen LogP contribution in [0.4, 0.5) is 0 Å². The topological polar surface area (TPSA) is 63.2 Å². The number of benzene rings is 2. The van der Waals surface area contributed by atoms with Gasteiger partial charge in [-0.3, -0.25) is 10.2 Å². The third-order valence-corrected chi connectivity index (χ3v) is 3.81. The first-order valence-corrected chi connectivity index (χ1v) is 8.13.